The molecule has 0 spiro atoms. The summed E-state index contributed by atoms with van der Waals surface area (Å²) in [6, 6.07) is 9.96. The number of hydrogen-bond donors (Lipinski definition) is 1. The van der Waals surface area contributed by atoms with Crippen LogP contribution in [0.2, 0.25) is 0 Å². The van der Waals surface area contributed by atoms with Gasteiger partial charge in [0.2, 0.25) is 0 Å². The largest absolute Gasteiger partial charge is 0.313 e. The van der Waals surface area contributed by atoms with Gasteiger partial charge in [0, 0.05) is 12.1 Å². The molecule has 2 aromatic carbocycles. The van der Waals surface area contributed by atoms with Crippen LogP contribution < -0.4 is 5.32 Å². The van der Waals surface area contributed by atoms with Crippen LogP contribution in [0, 0.1) is 18.6 Å². The molecule has 0 saturated heterocycles. The summed E-state index contributed by atoms with van der Waals surface area (Å²) in [4.78, 5) is 0. The van der Waals surface area contributed by atoms with Crippen LogP contribution in [0.3, 0.4) is 0 Å². The first-order valence-electron chi connectivity index (χ1n) is 6.37. The lowest BCUT2D eigenvalue weighted by Crippen LogP contribution is -2.12. The second kappa shape index (κ2) is 5.93. The van der Waals surface area contributed by atoms with E-state index in [4.69, 9.17) is 0 Å². The highest BCUT2D eigenvalue weighted by Gasteiger charge is 2.06. The molecule has 2 aromatic rings. The molecule has 1 nitrogen and oxygen atoms in total. The Kier molecular flexibility index (Phi) is 4.27. The molecule has 0 unspecified atom stereocenters. The number of rotatable bonds is 4. The van der Waals surface area contributed by atoms with Gasteiger partial charge in [0.1, 0.15) is 11.6 Å². The minimum absolute atomic E-state index is 0.264. The third-order valence-electron chi connectivity index (χ3n) is 3.12. The maximum Gasteiger partial charge on any atom is 0.128 e. The maximum atomic E-state index is 13.9. The standard InChI is InChI=1S/C16H17F2N/c1-3-19-10-14-7-6-13(9-16(14)18)12-5-4-11(2)15(17)8-12/h4-9,19H,3,10H2,1-2H3. The first-order valence-corrected chi connectivity index (χ1v) is 6.37. The molecule has 1 N–H and O–H groups in total. The second-order valence-corrected chi connectivity index (χ2v) is 4.55. The molecule has 0 radical (unpaired) electrons. The zero-order valence-electron chi connectivity index (χ0n) is 11.1. The monoisotopic (exact) mass is 261 g/mol. The van der Waals surface area contributed by atoms with Gasteiger partial charge in [-0.3, -0.25) is 0 Å². The SMILES string of the molecule is CCNCc1ccc(-c2ccc(C)c(F)c2)cc1F. The maximum absolute atomic E-state index is 13.9. The molecule has 19 heavy (non-hydrogen) atoms. The van der Waals surface area contributed by atoms with Crippen molar-refractivity contribution in [2.75, 3.05) is 6.54 Å². The molecule has 0 bridgehead atoms. The van der Waals surface area contributed by atoms with Crippen LogP contribution in [-0.4, -0.2) is 6.54 Å². The average molecular weight is 261 g/mol. The Labute approximate surface area is 112 Å². The Balaban J connectivity index is 2.30. The molecular weight excluding hydrogens is 244 g/mol. The molecule has 0 amide bonds. The van der Waals surface area contributed by atoms with Gasteiger partial charge in [0.25, 0.3) is 0 Å². The van der Waals surface area contributed by atoms with E-state index in [0.717, 1.165) is 6.54 Å². The number of nitrogens with one attached hydrogen (secondary N) is 1. The van der Waals surface area contributed by atoms with Crippen LogP contribution in [-0.2, 0) is 6.54 Å². The van der Waals surface area contributed by atoms with Gasteiger partial charge in [-0.1, -0.05) is 31.2 Å². The van der Waals surface area contributed by atoms with E-state index in [2.05, 4.69) is 5.32 Å². The zero-order chi connectivity index (χ0) is 13.8. The summed E-state index contributed by atoms with van der Waals surface area (Å²) in [6.45, 7) is 4.98. The Morgan fingerprint density at radius 3 is 2.16 bits per heavy atom. The third kappa shape index (κ3) is 3.18. The zero-order valence-corrected chi connectivity index (χ0v) is 11.1. The molecule has 0 fully saturated rings. The van der Waals surface area contributed by atoms with E-state index in [9.17, 15) is 8.78 Å². The smallest absolute Gasteiger partial charge is 0.128 e. The highest BCUT2D eigenvalue weighted by atomic mass is 19.1. The van der Waals surface area contributed by atoms with Crippen LogP contribution in [0.15, 0.2) is 36.4 Å². The van der Waals surface area contributed by atoms with E-state index < -0.39 is 0 Å². The van der Waals surface area contributed by atoms with Gasteiger partial charge >= 0.3 is 0 Å². The van der Waals surface area contributed by atoms with Crippen molar-refractivity contribution in [1.82, 2.24) is 5.32 Å². The van der Waals surface area contributed by atoms with E-state index in [0.29, 0.717) is 28.8 Å². The summed E-state index contributed by atoms with van der Waals surface area (Å²) < 4.78 is 27.4. The minimum Gasteiger partial charge on any atom is -0.313 e. The number of halogens is 2. The van der Waals surface area contributed by atoms with E-state index >= 15 is 0 Å². The fourth-order valence-electron chi connectivity index (χ4n) is 1.90. The summed E-state index contributed by atoms with van der Waals surface area (Å²) in [5.74, 6) is -0.533. The van der Waals surface area contributed by atoms with Gasteiger partial charge in [0.05, 0.1) is 0 Å². The third-order valence-corrected chi connectivity index (χ3v) is 3.12. The van der Waals surface area contributed by atoms with E-state index in [1.807, 2.05) is 13.0 Å². The van der Waals surface area contributed by atoms with Crippen molar-refractivity contribution in [3.63, 3.8) is 0 Å². The van der Waals surface area contributed by atoms with Crippen molar-refractivity contribution < 1.29 is 8.78 Å². The highest BCUT2D eigenvalue weighted by Crippen LogP contribution is 2.23. The lowest BCUT2D eigenvalue weighted by Gasteiger charge is -2.08. The van der Waals surface area contributed by atoms with Crippen molar-refractivity contribution in [2.45, 2.75) is 20.4 Å². The number of aryl methyl sites for hydroxylation is 1. The van der Waals surface area contributed by atoms with Gasteiger partial charge in [-0.2, -0.15) is 0 Å². The Morgan fingerprint density at radius 2 is 1.58 bits per heavy atom. The molecule has 0 heterocycles. The van der Waals surface area contributed by atoms with E-state index in [-0.39, 0.29) is 11.6 Å². The molecule has 3 heteroatoms. The summed E-state index contributed by atoms with van der Waals surface area (Å²) in [5.41, 5.74) is 2.60. The fourth-order valence-corrected chi connectivity index (χ4v) is 1.90. The predicted octanol–water partition coefficient (Wildman–Crippen LogP) is 4.05. The summed E-state index contributed by atoms with van der Waals surface area (Å²) in [7, 11) is 0. The van der Waals surface area contributed by atoms with Gasteiger partial charge < -0.3 is 5.32 Å². The fraction of sp³-hybridized carbons (Fsp3) is 0.250. The van der Waals surface area contributed by atoms with Crippen LogP contribution in [0.1, 0.15) is 18.1 Å². The summed E-state index contributed by atoms with van der Waals surface area (Å²) in [6.07, 6.45) is 0. The number of benzene rings is 2. The van der Waals surface area contributed by atoms with E-state index in [1.165, 1.54) is 12.1 Å². The van der Waals surface area contributed by atoms with Crippen molar-refractivity contribution in [2.24, 2.45) is 0 Å². The Hall–Kier alpha value is -1.74. The van der Waals surface area contributed by atoms with Crippen molar-refractivity contribution in [1.29, 1.82) is 0 Å². The van der Waals surface area contributed by atoms with Crippen LogP contribution >= 0.6 is 0 Å². The molecular formula is C16H17F2N. The first kappa shape index (κ1) is 13.7. The molecule has 2 rings (SSSR count). The molecule has 0 aliphatic rings. The topological polar surface area (TPSA) is 12.0 Å². The molecule has 100 valence electrons. The van der Waals surface area contributed by atoms with E-state index in [1.54, 1.807) is 25.1 Å². The predicted molar refractivity (Wildman–Crippen MR) is 73.9 cm³/mol. The van der Waals surface area contributed by atoms with Gasteiger partial charge in [-0.25, -0.2) is 8.78 Å². The first-order chi connectivity index (χ1) is 9.11. The van der Waals surface area contributed by atoms with Crippen molar-refractivity contribution in [3.05, 3.63) is 59.2 Å². The van der Waals surface area contributed by atoms with Gasteiger partial charge in [-0.15, -0.1) is 0 Å². The average Bonchev–Trinajstić information content (AvgIpc) is 2.40. The lowest BCUT2D eigenvalue weighted by molar-refractivity contribution is 0.594. The quantitative estimate of drug-likeness (QED) is 0.875. The van der Waals surface area contributed by atoms with Gasteiger partial charge in [0.15, 0.2) is 0 Å². The molecule has 0 aliphatic carbocycles. The Morgan fingerprint density at radius 1 is 0.947 bits per heavy atom. The second-order valence-electron chi connectivity index (χ2n) is 4.55. The normalized spacial score (nSPS) is 10.7. The van der Waals surface area contributed by atoms with Crippen molar-refractivity contribution >= 4 is 0 Å². The lowest BCUT2D eigenvalue weighted by atomic mass is 10.0. The van der Waals surface area contributed by atoms with Crippen molar-refractivity contribution in [3.8, 4) is 11.1 Å². The minimum atomic E-state index is -0.269. The summed E-state index contributed by atoms with van der Waals surface area (Å²) >= 11 is 0. The molecule has 0 atom stereocenters. The Bertz CT molecular complexity index is 579. The van der Waals surface area contributed by atoms with Crippen LogP contribution in [0.25, 0.3) is 11.1 Å². The molecule has 0 aromatic heterocycles. The van der Waals surface area contributed by atoms with Crippen LogP contribution in [0.4, 0.5) is 8.78 Å². The summed E-state index contributed by atoms with van der Waals surface area (Å²) in [5, 5.41) is 3.08. The van der Waals surface area contributed by atoms with Gasteiger partial charge in [-0.05, 0) is 42.3 Å². The molecule has 0 aliphatic heterocycles. The highest BCUT2D eigenvalue weighted by molar-refractivity contribution is 5.64. The van der Waals surface area contributed by atoms with Crippen LogP contribution in [0.5, 0.6) is 0 Å². The number of hydrogen-bond acceptors (Lipinski definition) is 1. The molecule has 0 saturated carbocycles.